The molecule has 2 bridgehead atoms. The van der Waals surface area contributed by atoms with Crippen molar-refractivity contribution in [3.63, 3.8) is 0 Å². The van der Waals surface area contributed by atoms with E-state index in [9.17, 15) is 15.3 Å². The van der Waals surface area contributed by atoms with Gasteiger partial charge in [-0.15, -0.1) is 0 Å². The van der Waals surface area contributed by atoms with Crippen LogP contribution in [-0.2, 0) is 11.3 Å². The van der Waals surface area contributed by atoms with Gasteiger partial charge in [0.1, 0.15) is 11.3 Å². The smallest absolute Gasteiger partial charge is 0.140 e. The zero-order chi connectivity index (χ0) is 24.1. The van der Waals surface area contributed by atoms with Crippen LogP contribution in [0.5, 0.6) is 0 Å². The molecule has 0 aromatic heterocycles. The molecule has 3 N–H and O–H groups in total. The molecule has 5 aliphatic rings. The van der Waals surface area contributed by atoms with Gasteiger partial charge >= 0.3 is 0 Å². The highest BCUT2D eigenvalue weighted by molar-refractivity contribution is 5.73. The van der Waals surface area contributed by atoms with Crippen LogP contribution >= 0.6 is 0 Å². The van der Waals surface area contributed by atoms with Gasteiger partial charge in [0.15, 0.2) is 0 Å². The summed E-state index contributed by atoms with van der Waals surface area (Å²) in [4.78, 5) is 1.97. The van der Waals surface area contributed by atoms with Gasteiger partial charge in [0.2, 0.25) is 0 Å². The summed E-state index contributed by atoms with van der Waals surface area (Å²) >= 11 is 0. The summed E-state index contributed by atoms with van der Waals surface area (Å²) < 4.78 is 24.1. The first-order valence-electron chi connectivity index (χ1n) is 12.9. The molecule has 1 aromatic rings. The van der Waals surface area contributed by atoms with Crippen LogP contribution in [0.2, 0.25) is 0 Å². The second-order valence-electron chi connectivity index (χ2n) is 12.2. The number of hydrogen-bond acceptors (Lipinski definition) is 5. The first-order chi connectivity index (χ1) is 16.1. The van der Waals surface area contributed by atoms with E-state index in [4.69, 9.17) is 4.74 Å². The lowest BCUT2D eigenvalue weighted by Crippen LogP contribution is -2.72. The Morgan fingerprint density at radius 2 is 1.76 bits per heavy atom. The minimum atomic E-state index is -1.49. The van der Waals surface area contributed by atoms with Crippen molar-refractivity contribution in [2.45, 2.75) is 93.6 Å². The molecule has 1 aromatic carbocycles. The number of aliphatic hydroxyl groups excluding tert-OH is 3. The number of rotatable bonds is 3. The monoisotopic (exact) mass is 471 g/mol. The Morgan fingerprint density at radius 1 is 1.03 bits per heavy atom. The van der Waals surface area contributed by atoms with Gasteiger partial charge < -0.3 is 25.0 Å². The largest absolute Gasteiger partial charge is 0.392 e. The standard InChI is InChI=1S/C28H38FNO4/c1-25-10-12-27(29)14-20-23(32)24(33)21(30(2)3)15-26(20)11-13-28(27,34-26)22(25)9-8-19(25)18-6-4-17(16-31)5-7-18/h4-8,20-24,31-33H,9-16H2,1-3H3. The van der Waals surface area contributed by atoms with Crippen molar-refractivity contribution in [1.29, 1.82) is 0 Å². The minimum Gasteiger partial charge on any atom is -0.392 e. The van der Waals surface area contributed by atoms with Gasteiger partial charge in [-0.25, -0.2) is 4.39 Å². The maximum absolute atomic E-state index is 17.1. The molecule has 4 fully saturated rings. The van der Waals surface area contributed by atoms with E-state index in [0.717, 1.165) is 30.4 Å². The molecule has 6 heteroatoms. The highest BCUT2D eigenvalue weighted by Crippen LogP contribution is 2.72. The van der Waals surface area contributed by atoms with Crippen LogP contribution in [0.1, 0.15) is 63.0 Å². The normalized spacial score (nSPS) is 49.4. The number of halogens is 1. The lowest BCUT2D eigenvalue weighted by atomic mass is 9.51. The second kappa shape index (κ2) is 7.36. The number of ether oxygens (including phenoxy) is 1. The zero-order valence-corrected chi connectivity index (χ0v) is 20.5. The number of aliphatic hydroxyl groups is 3. The summed E-state index contributed by atoms with van der Waals surface area (Å²) in [6, 6.07) is 7.89. The van der Waals surface area contributed by atoms with Gasteiger partial charge in [0.05, 0.1) is 24.4 Å². The van der Waals surface area contributed by atoms with Crippen molar-refractivity contribution < 1.29 is 24.4 Å². The van der Waals surface area contributed by atoms with Crippen LogP contribution < -0.4 is 0 Å². The van der Waals surface area contributed by atoms with Crippen molar-refractivity contribution in [2.24, 2.45) is 17.3 Å². The highest BCUT2D eigenvalue weighted by Gasteiger charge is 2.77. The van der Waals surface area contributed by atoms with Crippen molar-refractivity contribution in [2.75, 3.05) is 14.1 Å². The number of likely N-dealkylation sites (N-methyl/N-ethyl adjacent to an activating group) is 1. The minimum absolute atomic E-state index is 0.0261. The van der Waals surface area contributed by atoms with E-state index in [1.807, 2.05) is 31.1 Å². The van der Waals surface area contributed by atoms with E-state index in [1.54, 1.807) is 0 Å². The number of hydrogen-bond donors (Lipinski definition) is 3. The summed E-state index contributed by atoms with van der Waals surface area (Å²) in [7, 11) is 3.86. The van der Waals surface area contributed by atoms with Crippen LogP contribution in [0.3, 0.4) is 0 Å². The van der Waals surface area contributed by atoms with Crippen LogP contribution in [-0.4, -0.2) is 69.4 Å². The van der Waals surface area contributed by atoms with E-state index in [0.29, 0.717) is 19.3 Å². The summed E-state index contributed by atoms with van der Waals surface area (Å²) in [6.45, 7) is 2.31. The van der Waals surface area contributed by atoms with Crippen molar-refractivity contribution in [3.05, 3.63) is 41.5 Å². The van der Waals surface area contributed by atoms with E-state index in [1.165, 1.54) is 5.57 Å². The van der Waals surface area contributed by atoms with Crippen molar-refractivity contribution in [3.8, 4) is 0 Å². The van der Waals surface area contributed by atoms with E-state index in [-0.39, 0.29) is 36.3 Å². The molecule has 2 aliphatic heterocycles. The van der Waals surface area contributed by atoms with E-state index in [2.05, 4.69) is 25.1 Å². The molecule has 34 heavy (non-hydrogen) atoms. The molecule has 3 aliphatic carbocycles. The average molecular weight is 472 g/mol. The van der Waals surface area contributed by atoms with Crippen molar-refractivity contribution in [1.82, 2.24) is 4.90 Å². The quantitative estimate of drug-likeness (QED) is 0.630. The molecule has 0 amide bonds. The molecule has 5 nitrogen and oxygen atoms in total. The third kappa shape index (κ3) is 2.78. The molecule has 2 spiro atoms. The third-order valence-electron chi connectivity index (χ3n) is 10.6. The van der Waals surface area contributed by atoms with Gasteiger partial charge in [-0.3, -0.25) is 0 Å². The molecule has 0 radical (unpaired) electrons. The molecule has 9 unspecified atom stereocenters. The lowest BCUT2D eigenvalue weighted by Gasteiger charge is -2.64. The predicted molar refractivity (Wildman–Crippen MR) is 128 cm³/mol. The molecule has 2 heterocycles. The van der Waals surface area contributed by atoms with E-state index >= 15 is 4.39 Å². The van der Waals surface area contributed by atoms with Crippen LogP contribution in [0.4, 0.5) is 4.39 Å². The SMILES string of the molecule is CN(C)C1CC23CCC4(O2)C2CC=C(c5ccc(CO)cc5)C2(C)CCC4(F)CC3C(O)C1O. The van der Waals surface area contributed by atoms with Gasteiger partial charge in [-0.1, -0.05) is 37.3 Å². The highest BCUT2D eigenvalue weighted by atomic mass is 19.1. The summed E-state index contributed by atoms with van der Waals surface area (Å²) in [5.41, 5.74) is 0.221. The first kappa shape index (κ1) is 23.1. The van der Waals surface area contributed by atoms with Crippen LogP contribution in [0.25, 0.3) is 5.57 Å². The maximum Gasteiger partial charge on any atom is 0.140 e. The number of benzene rings is 1. The topological polar surface area (TPSA) is 73.2 Å². The fraction of sp³-hybridized carbons (Fsp3) is 0.714. The molecular weight excluding hydrogens is 433 g/mol. The molecular formula is C28H38FNO4. The summed E-state index contributed by atoms with van der Waals surface area (Å²) in [5, 5.41) is 31.4. The molecule has 2 saturated heterocycles. The van der Waals surface area contributed by atoms with Crippen LogP contribution in [0.15, 0.2) is 30.3 Å². The number of allylic oxidation sites excluding steroid dienone is 2. The Hall–Kier alpha value is -1.31. The Labute approximate surface area is 201 Å². The fourth-order valence-electron chi connectivity index (χ4n) is 8.80. The molecule has 2 saturated carbocycles. The molecule has 6 rings (SSSR count). The third-order valence-corrected chi connectivity index (χ3v) is 10.6. The average Bonchev–Trinajstić information content (AvgIpc) is 3.35. The number of fused-ring (bicyclic) bond motifs is 1. The van der Waals surface area contributed by atoms with Gasteiger partial charge in [0.25, 0.3) is 0 Å². The molecule has 186 valence electrons. The van der Waals surface area contributed by atoms with Gasteiger partial charge in [-0.2, -0.15) is 0 Å². The maximum atomic E-state index is 17.1. The van der Waals surface area contributed by atoms with Gasteiger partial charge in [0, 0.05) is 17.9 Å². The Bertz CT molecular complexity index is 1010. The Balaban J connectivity index is 1.37. The van der Waals surface area contributed by atoms with Crippen molar-refractivity contribution >= 4 is 5.57 Å². The number of alkyl halides is 1. The Kier molecular flexibility index (Phi) is 5.00. The second-order valence-corrected chi connectivity index (χ2v) is 12.2. The first-order valence-corrected chi connectivity index (χ1v) is 12.9. The lowest BCUT2D eigenvalue weighted by molar-refractivity contribution is -0.314. The van der Waals surface area contributed by atoms with Crippen LogP contribution in [0, 0.1) is 17.3 Å². The van der Waals surface area contributed by atoms with Gasteiger partial charge in [-0.05, 0) is 81.2 Å². The summed E-state index contributed by atoms with van der Waals surface area (Å²) in [6.07, 6.45) is 4.71. The molecule has 9 atom stereocenters. The zero-order valence-electron chi connectivity index (χ0n) is 20.5. The fourth-order valence-corrected chi connectivity index (χ4v) is 8.80. The predicted octanol–water partition coefficient (Wildman–Crippen LogP) is 3.45. The number of nitrogens with zero attached hydrogens (tertiary/aromatic N) is 1. The van der Waals surface area contributed by atoms with E-state index < -0.39 is 29.1 Å². The Morgan fingerprint density at radius 3 is 2.44 bits per heavy atom. The summed E-state index contributed by atoms with van der Waals surface area (Å²) in [5.74, 6) is -0.322.